The average Bonchev–Trinajstić information content (AvgIpc) is 2.41. The fraction of sp³-hybridized carbons (Fsp3) is 0.500. The number of hydrogen-bond donors (Lipinski definition) is 2. The monoisotopic (exact) mass is 334 g/mol. The van der Waals surface area contributed by atoms with E-state index in [1.807, 2.05) is 20.8 Å². The minimum Gasteiger partial charge on any atom is -0.456 e. The van der Waals surface area contributed by atoms with Crippen molar-refractivity contribution in [2.24, 2.45) is 11.1 Å². The lowest BCUT2D eigenvalue weighted by Crippen LogP contribution is -2.32. The lowest BCUT2D eigenvalue weighted by Gasteiger charge is -2.20. The summed E-state index contributed by atoms with van der Waals surface area (Å²) in [6.45, 7) is 11.6. The second-order valence-corrected chi connectivity index (χ2v) is 7.91. The highest BCUT2D eigenvalue weighted by Crippen LogP contribution is 2.17. The van der Waals surface area contributed by atoms with Crippen molar-refractivity contribution in [2.45, 2.75) is 47.1 Å². The average molecular weight is 334 g/mol. The van der Waals surface area contributed by atoms with Gasteiger partial charge in [0, 0.05) is 17.7 Å². The van der Waals surface area contributed by atoms with Gasteiger partial charge in [-0.3, -0.25) is 9.59 Å². The number of rotatable bonds is 4. The molecule has 1 aromatic carbocycles. The molecule has 0 aromatic heterocycles. The number of nitrogens with two attached hydrogens (primary N) is 1. The Hall–Kier alpha value is -2.37. The van der Waals surface area contributed by atoms with Gasteiger partial charge in [-0.1, -0.05) is 20.8 Å². The summed E-state index contributed by atoms with van der Waals surface area (Å²) >= 11 is 0. The standard InChI is InChI=1S/C18H26N2O4/c1-17(2,3)10-20-15(22)12-7-11(14(19)21)8-13(9-12)16(23)24-18(4,5)6/h7-9H,10H2,1-6H3,(H2,19,21)(H,20,22). The van der Waals surface area contributed by atoms with Gasteiger partial charge in [0.1, 0.15) is 5.60 Å². The lowest BCUT2D eigenvalue weighted by atomic mass is 9.96. The molecule has 0 spiro atoms. The molecule has 3 N–H and O–H groups in total. The predicted molar refractivity (Wildman–Crippen MR) is 91.9 cm³/mol. The first-order chi connectivity index (χ1) is 10.8. The molecule has 0 saturated carbocycles. The van der Waals surface area contributed by atoms with Gasteiger partial charge in [0.15, 0.2) is 0 Å². The molecule has 0 saturated heterocycles. The van der Waals surface area contributed by atoms with E-state index in [9.17, 15) is 14.4 Å². The summed E-state index contributed by atoms with van der Waals surface area (Å²) in [6.07, 6.45) is 0. The number of amides is 2. The van der Waals surface area contributed by atoms with E-state index >= 15 is 0 Å². The van der Waals surface area contributed by atoms with Gasteiger partial charge >= 0.3 is 5.97 Å². The number of carbonyl (C=O) groups excluding carboxylic acids is 3. The minimum absolute atomic E-state index is 0.0827. The van der Waals surface area contributed by atoms with Crippen LogP contribution < -0.4 is 11.1 Å². The number of hydrogen-bond acceptors (Lipinski definition) is 4. The van der Waals surface area contributed by atoms with Crippen molar-refractivity contribution in [3.8, 4) is 0 Å². The van der Waals surface area contributed by atoms with Crippen LogP contribution in [0.25, 0.3) is 0 Å². The third kappa shape index (κ3) is 6.40. The van der Waals surface area contributed by atoms with Gasteiger partial charge in [-0.2, -0.15) is 0 Å². The summed E-state index contributed by atoms with van der Waals surface area (Å²) in [5.41, 5.74) is 4.91. The van der Waals surface area contributed by atoms with Crippen molar-refractivity contribution in [3.05, 3.63) is 34.9 Å². The van der Waals surface area contributed by atoms with E-state index in [4.69, 9.17) is 10.5 Å². The number of nitrogens with one attached hydrogen (secondary N) is 1. The van der Waals surface area contributed by atoms with E-state index in [0.29, 0.717) is 6.54 Å². The van der Waals surface area contributed by atoms with Gasteiger partial charge in [-0.25, -0.2) is 4.79 Å². The largest absolute Gasteiger partial charge is 0.456 e. The van der Waals surface area contributed by atoms with Crippen LogP contribution >= 0.6 is 0 Å². The predicted octanol–water partition coefficient (Wildman–Crippen LogP) is 2.52. The Morgan fingerprint density at radius 2 is 1.46 bits per heavy atom. The van der Waals surface area contributed by atoms with Gasteiger partial charge in [-0.15, -0.1) is 0 Å². The van der Waals surface area contributed by atoms with Crippen molar-refractivity contribution >= 4 is 17.8 Å². The van der Waals surface area contributed by atoms with E-state index in [1.54, 1.807) is 20.8 Å². The van der Waals surface area contributed by atoms with Crippen LogP contribution in [0.4, 0.5) is 0 Å². The van der Waals surface area contributed by atoms with Crippen LogP contribution in [0.2, 0.25) is 0 Å². The summed E-state index contributed by atoms with van der Waals surface area (Å²) in [5, 5.41) is 2.78. The highest BCUT2D eigenvalue weighted by atomic mass is 16.6. The molecule has 1 rings (SSSR count). The first-order valence-electron chi connectivity index (χ1n) is 7.75. The molecule has 6 nitrogen and oxygen atoms in total. The van der Waals surface area contributed by atoms with E-state index in [0.717, 1.165) is 0 Å². The molecule has 0 radical (unpaired) electrons. The zero-order chi connectivity index (χ0) is 18.7. The summed E-state index contributed by atoms with van der Waals surface area (Å²) < 4.78 is 5.28. The number of ether oxygens (including phenoxy) is 1. The molecule has 0 fully saturated rings. The molecule has 0 bridgehead atoms. The van der Waals surface area contributed by atoms with Crippen molar-refractivity contribution < 1.29 is 19.1 Å². The Morgan fingerprint density at radius 3 is 1.92 bits per heavy atom. The SMILES string of the molecule is CC(C)(C)CNC(=O)c1cc(C(N)=O)cc(C(=O)OC(C)(C)C)c1. The Kier molecular flexibility index (Phi) is 5.76. The quantitative estimate of drug-likeness (QED) is 0.827. The molecule has 2 amide bonds. The maximum absolute atomic E-state index is 12.3. The smallest absolute Gasteiger partial charge is 0.338 e. The zero-order valence-corrected chi connectivity index (χ0v) is 15.1. The zero-order valence-electron chi connectivity index (χ0n) is 15.1. The first-order valence-corrected chi connectivity index (χ1v) is 7.75. The van der Waals surface area contributed by atoms with Crippen molar-refractivity contribution in [2.75, 3.05) is 6.54 Å². The highest BCUT2D eigenvalue weighted by molar-refractivity contribution is 6.03. The third-order valence-electron chi connectivity index (χ3n) is 2.89. The van der Waals surface area contributed by atoms with Gasteiger partial charge in [0.2, 0.25) is 5.91 Å². The van der Waals surface area contributed by atoms with Crippen LogP contribution in [0.1, 0.15) is 72.6 Å². The number of primary amides is 1. The molecule has 24 heavy (non-hydrogen) atoms. The van der Waals surface area contributed by atoms with Gasteiger partial charge in [0.25, 0.3) is 5.91 Å². The fourth-order valence-corrected chi connectivity index (χ4v) is 1.80. The van der Waals surface area contributed by atoms with Crippen LogP contribution in [-0.4, -0.2) is 29.9 Å². The Labute approximate surface area is 142 Å². The number of benzene rings is 1. The highest BCUT2D eigenvalue weighted by Gasteiger charge is 2.21. The van der Waals surface area contributed by atoms with Gasteiger partial charge in [0.05, 0.1) is 5.56 Å². The molecule has 0 unspecified atom stereocenters. The van der Waals surface area contributed by atoms with Crippen molar-refractivity contribution in [1.29, 1.82) is 0 Å². The molecule has 0 heterocycles. The van der Waals surface area contributed by atoms with Crippen LogP contribution in [0, 0.1) is 5.41 Å². The maximum atomic E-state index is 12.3. The fourth-order valence-electron chi connectivity index (χ4n) is 1.80. The number of carbonyl (C=O) groups is 3. The molecule has 132 valence electrons. The van der Waals surface area contributed by atoms with E-state index < -0.39 is 17.5 Å². The Bertz CT molecular complexity index is 652. The summed E-state index contributed by atoms with van der Waals surface area (Å²) in [4.78, 5) is 36.0. The lowest BCUT2D eigenvalue weighted by molar-refractivity contribution is 0.00695. The minimum atomic E-state index is -0.717. The van der Waals surface area contributed by atoms with Crippen LogP contribution in [0.5, 0.6) is 0 Å². The maximum Gasteiger partial charge on any atom is 0.338 e. The number of esters is 1. The van der Waals surface area contributed by atoms with Crippen LogP contribution in [0.15, 0.2) is 18.2 Å². The molecule has 0 atom stereocenters. The first kappa shape index (κ1) is 19.7. The van der Waals surface area contributed by atoms with Crippen LogP contribution in [-0.2, 0) is 4.74 Å². The molecule has 6 heteroatoms. The topological polar surface area (TPSA) is 98.5 Å². The van der Waals surface area contributed by atoms with Gasteiger partial charge in [-0.05, 0) is 44.4 Å². The van der Waals surface area contributed by atoms with E-state index in [2.05, 4.69) is 5.32 Å². The normalized spacial score (nSPS) is 11.8. The molecular weight excluding hydrogens is 308 g/mol. The van der Waals surface area contributed by atoms with Gasteiger partial charge < -0.3 is 15.8 Å². The Morgan fingerprint density at radius 1 is 0.958 bits per heavy atom. The molecule has 1 aromatic rings. The van der Waals surface area contributed by atoms with E-state index in [1.165, 1.54) is 18.2 Å². The summed E-state index contributed by atoms with van der Waals surface area (Å²) in [6, 6.07) is 4.10. The molecule has 0 aliphatic rings. The summed E-state index contributed by atoms with van der Waals surface area (Å²) in [5.74, 6) is -1.71. The molecule has 0 aliphatic heterocycles. The Balaban J connectivity index is 3.15. The summed E-state index contributed by atoms with van der Waals surface area (Å²) in [7, 11) is 0. The second-order valence-electron chi connectivity index (χ2n) is 7.91. The van der Waals surface area contributed by atoms with Crippen molar-refractivity contribution in [3.63, 3.8) is 0 Å². The third-order valence-corrected chi connectivity index (χ3v) is 2.89. The molecular formula is C18H26N2O4. The second kappa shape index (κ2) is 7.03. The van der Waals surface area contributed by atoms with Crippen molar-refractivity contribution in [1.82, 2.24) is 5.32 Å². The molecule has 0 aliphatic carbocycles. The van der Waals surface area contributed by atoms with Crippen LogP contribution in [0.3, 0.4) is 0 Å². The van der Waals surface area contributed by atoms with E-state index in [-0.39, 0.29) is 28.0 Å².